The third-order valence-corrected chi connectivity index (χ3v) is 4.78. The fourth-order valence-electron chi connectivity index (χ4n) is 1.89. The Morgan fingerprint density at radius 2 is 2.12 bits per heavy atom. The molecule has 0 aliphatic carbocycles. The molecule has 0 radical (unpaired) electrons. The SMILES string of the molecule is N#Cc1ccc(C(=O)CSc2n[nH]c(C=Cc3cccs3)n2)cc1. The second kappa shape index (κ2) is 7.73. The molecule has 1 aromatic carbocycles. The number of rotatable bonds is 6. The molecule has 0 aliphatic rings. The largest absolute Gasteiger partial charge is 0.293 e. The van der Waals surface area contributed by atoms with Gasteiger partial charge in [-0.25, -0.2) is 4.98 Å². The zero-order valence-electron chi connectivity index (χ0n) is 12.5. The first-order valence-electron chi connectivity index (χ1n) is 7.05. The molecular weight excluding hydrogens is 340 g/mol. The fraction of sp³-hybridized carbons (Fsp3) is 0.0588. The van der Waals surface area contributed by atoms with Crippen molar-refractivity contribution < 1.29 is 4.79 Å². The number of aromatic amines is 1. The normalized spacial score (nSPS) is 10.8. The van der Waals surface area contributed by atoms with Gasteiger partial charge in [-0.15, -0.1) is 16.4 Å². The van der Waals surface area contributed by atoms with E-state index < -0.39 is 0 Å². The number of Topliss-reactive ketones (excluding diaryl/α,β-unsaturated/α-hetero) is 1. The minimum atomic E-state index is -0.0232. The molecule has 3 aromatic rings. The van der Waals surface area contributed by atoms with Gasteiger partial charge in [0.05, 0.1) is 17.4 Å². The molecule has 2 aromatic heterocycles. The summed E-state index contributed by atoms with van der Waals surface area (Å²) in [5.41, 5.74) is 1.12. The van der Waals surface area contributed by atoms with Crippen LogP contribution in [0.25, 0.3) is 12.2 Å². The summed E-state index contributed by atoms with van der Waals surface area (Å²) in [4.78, 5) is 17.6. The van der Waals surface area contributed by atoms with Gasteiger partial charge >= 0.3 is 0 Å². The van der Waals surface area contributed by atoms with Crippen LogP contribution in [0.4, 0.5) is 0 Å². The summed E-state index contributed by atoms with van der Waals surface area (Å²) in [5, 5.41) is 18.2. The maximum Gasteiger partial charge on any atom is 0.209 e. The fourth-order valence-corrected chi connectivity index (χ4v) is 3.21. The van der Waals surface area contributed by atoms with Crippen molar-refractivity contribution in [1.29, 1.82) is 5.26 Å². The van der Waals surface area contributed by atoms with E-state index in [2.05, 4.69) is 15.2 Å². The van der Waals surface area contributed by atoms with Crippen LogP contribution < -0.4 is 0 Å². The number of ketones is 1. The molecule has 1 N–H and O–H groups in total. The van der Waals surface area contributed by atoms with Crippen molar-refractivity contribution in [3.63, 3.8) is 0 Å². The van der Waals surface area contributed by atoms with E-state index in [0.717, 1.165) is 4.88 Å². The summed E-state index contributed by atoms with van der Waals surface area (Å²) in [7, 11) is 0. The average Bonchev–Trinajstić information content (AvgIpc) is 3.29. The Balaban J connectivity index is 1.56. The molecule has 0 aliphatic heterocycles. The van der Waals surface area contributed by atoms with Crippen LogP contribution in [0.15, 0.2) is 46.9 Å². The van der Waals surface area contributed by atoms with E-state index in [1.807, 2.05) is 35.7 Å². The molecule has 118 valence electrons. The number of thioether (sulfide) groups is 1. The van der Waals surface area contributed by atoms with Crippen molar-refractivity contribution in [3.05, 3.63) is 63.6 Å². The first-order valence-corrected chi connectivity index (χ1v) is 8.91. The number of nitrogens with zero attached hydrogens (tertiary/aromatic N) is 3. The number of nitriles is 1. The van der Waals surface area contributed by atoms with Gasteiger partial charge in [-0.2, -0.15) is 5.26 Å². The van der Waals surface area contributed by atoms with E-state index in [0.29, 0.717) is 22.1 Å². The highest BCUT2D eigenvalue weighted by molar-refractivity contribution is 7.99. The van der Waals surface area contributed by atoms with Crippen molar-refractivity contribution in [1.82, 2.24) is 15.2 Å². The zero-order chi connectivity index (χ0) is 16.8. The maximum absolute atomic E-state index is 12.1. The van der Waals surface area contributed by atoms with E-state index in [1.54, 1.807) is 35.6 Å². The Hall–Kier alpha value is -2.69. The molecule has 2 heterocycles. The van der Waals surface area contributed by atoms with Gasteiger partial charge in [0.2, 0.25) is 5.16 Å². The summed E-state index contributed by atoms with van der Waals surface area (Å²) < 4.78 is 0. The minimum Gasteiger partial charge on any atom is -0.293 e. The molecule has 0 unspecified atom stereocenters. The lowest BCUT2D eigenvalue weighted by molar-refractivity contribution is 0.102. The molecule has 0 bridgehead atoms. The average molecular weight is 352 g/mol. The van der Waals surface area contributed by atoms with Crippen molar-refractivity contribution in [2.24, 2.45) is 0 Å². The number of H-pyrrole nitrogens is 1. The number of carbonyl (C=O) groups is 1. The molecule has 0 atom stereocenters. The van der Waals surface area contributed by atoms with E-state index >= 15 is 0 Å². The van der Waals surface area contributed by atoms with Gasteiger partial charge in [-0.1, -0.05) is 30.0 Å². The summed E-state index contributed by atoms with van der Waals surface area (Å²) in [6.45, 7) is 0. The van der Waals surface area contributed by atoms with Crippen molar-refractivity contribution in [2.75, 3.05) is 5.75 Å². The highest BCUT2D eigenvalue weighted by Crippen LogP contribution is 2.17. The number of thiophene rings is 1. The molecule has 3 rings (SSSR count). The van der Waals surface area contributed by atoms with E-state index in [4.69, 9.17) is 5.26 Å². The number of hydrogen-bond acceptors (Lipinski definition) is 6. The molecule has 7 heteroatoms. The standard InChI is InChI=1S/C17H12N4OS2/c18-10-12-3-5-13(6-4-12)15(22)11-24-17-19-16(20-21-17)8-7-14-2-1-9-23-14/h1-9H,11H2,(H,19,20,21). The quantitative estimate of drug-likeness (QED) is 0.538. The Morgan fingerprint density at radius 3 is 2.83 bits per heavy atom. The van der Waals surface area contributed by atoms with E-state index in [1.165, 1.54) is 11.8 Å². The lowest BCUT2D eigenvalue weighted by Gasteiger charge is -1.98. The van der Waals surface area contributed by atoms with Crippen molar-refractivity contribution >= 4 is 41.0 Å². The monoisotopic (exact) mass is 352 g/mol. The summed E-state index contributed by atoms with van der Waals surface area (Å²) in [6.07, 6.45) is 3.81. The number of aromatic nitrogens is 3. The van der Waals surface area contributed by atoms with Crippen LogP contribution in [0.2, 0.25) is 0 Å². The van der Waals surface area contributed by atoms with E-state index in [9.17, 15) is 4.79 Å². The lowest BCUT2D eigenvalue weighted by atomic mass is 10.1. The highest BCUT2D eigenvalue weighted by atomic mass is 32.2. The molecule has 0 saturated heterocycles. The van der Waals surface area contributed by atoms with Gasteiger partial charge < -0.3 is 0 Å². The third kappa shape index (κ3) is 4.19. The molecule has 0 fully saturated rings. The van der Waals surface area contributed by atoms with Crippen molar-refractivity contribution in [2.45, 2.75) is 5.16 Å². The molecule has 0 saturated carbocycles. The van der Waals surface area contributed by atoms with Crippen LogP contribution in [-0.4, -0.2) is 26.7 Å². The Kier molecular flexibility index (Phi) is 5.21. The van der Waals surface area contributed by atoms with Crippen LogP contribution in [0, 0.1) is 11.3 Å². The van der Waals surface area contributed by atoms with Gasteiger partial charge in [0.1, 0.15) is 5.82 Å². The van der Waals surface area contributed by atoms with Crippen molar-refractivity contribution in [3.8, 4) is 6.07 Å². The van der Waals surface area contributed by atoms with Gasteiger partial charge in [0.15, 0.2) is 5.78 Å². The molecule has 0 spiro atoms. The van der Waals surface area contributed by atoms with Crippen LogP contribution in [0.3, 0.4) is 0 Å². The number of benzene rings is 1. The molecule has 0 amide bonds. The van der Waals surface area contributed by atoms with Crippen LogP contribution >= 0.6 is 23.1 Å². The summed E-state index contributed by atoms with van der Waals surface area (Å²) in [6, 6.07) is 12.6. The number of hydrogen-bond donors (Lipinski definition) is 1. The summed E-state index contributed by atoms with van der Waals surface area (Å²) in [5.74, 6) is 0.874. The third-order valence-electron chi connectivity index (χ3n) is 3.10. The Bertz CT molecular complexity index is 890. The maximum atomic E-state index is 12.1. The predicted octanol–water partition coefficient (Wildman–Crippen LogP) is 3.88. The first-order chi connectivity index (χ1) is 11.7. The zero-order valence-corrected chi connectivity index (χ0v) is 14.1. The molecular formula is C17H12N4OS2. The van der Waals surface area contributed by atoms with Gasteiger partial charge in [0, 0.05) is 10.4 Å². The smallest absolute Gasteiger partial charge is 0.209 e. The van der Waals surface area contributed by atoms with Gasteiger partial charge in [0.25, 0.3) is 0 Å². The molecule has 5 nitrogen and oxygen atoms in total. The Labute approximate surface area is 147 Å². The molecule has 24 heavy (non-hydrogen) atoms. The first kappa shape index (κ1) is 16.2. The van der Waals surface area contributed by atoms with Crippen LogP contribution in [0.5, 0.6) is 0 Å². The highest BCUT2D eigenvalue weighted by Gasteiger charge is 2.09. The summed E-state index contributed by atoms with van der Waals surface area (Å²) >= 11 is 2.92. The Morgan fingerprint density at radius 1 is 1.29 bits per heavy atom. The topological polar surface area (TPSA) is 82.4 Å². The predicted molar refractivity (Wildman–Crippen MR) is 95.8 cm³/mol. The number of carbonyl (C=O) groups excluding carboxylic acids is 1. The minimum absolute atomic E-state index is 0.0232. The van der Waals surface area contributed by atoms with E-state index in [-0.39, 0.29) is 11.5 Å². The van der Waals surface area contributed by atoms with Crippen LogP contribution in [0.1, 0.15) is 26.6 Å². The van der Waals surface area contributed by atoms with Gasteiger partial charge in [-0.3, -0.25) is 9.89 Å². The lowest BCUT2D eigenvalue weighted by Crippen LogP contribution is -2.02. The number of nitrogens with one attached hydrogen (secondary N) is 1. The second-order valence-corrected chi connectivity index (χ2v) is 6.67. The van der Waals surface area contributed by atoms with Gasteiger partial charge in [-0.05, 0) is 35.7 Å². The van der Waals surface area contributed by atoms with Crippen LogP contribution in [-0.2, 0) is 0 Å². The second-order valence-electron chi connectivity index (χ2n) is 4.75.